The van der Waals surface area contributed by atoms with E-state index >= 15 is 0 Å². The van der Waals surface area contributed by atoms with Crippen molar-refractivity contribution in [2.45, 2.75) is 0 Å². The van der Waals surface area contributed by atoms with Crippen LogP contribution in [0.3, 0.4) is 0 Å². The molecule has 78 valence electrons. The van der Waals surface area contributed by atoms with Gasteiger partial charge in [0, 0.05) is 13.2 Å². The van der Waals surface area contributed by atoms with Crippen molar-refractivity contribution in [1.82, 2.24) is 14.5 Å². The Morgan fingerprint density at radius 2 is 2.27 bits per heavy atom. The van der Waals surface area contributed by atoms with Gasteiger partial charge in [-0.3, -0.25) is 0 Å². The highest BCUT2D eigenvalue weighted by atomic mass is 16.5. The minimum atomic E-state index is -1.08. The van der Waals surface area contributed by atoms with Crippen LogP contribution in [0.25, 0.3) is 11.2 Å². The van der Waals surface area contributed by atoms with E-state index in [1.54, 1.807) is 17.9 Å². The molecule has 2 heterocycles. The summed E-state index contributed by atoms with van der Waals surface area (Å²) in [5, 5.41) is 8.91. The molecule has 0 atom stereocenters. The summed E-state index contributed by atoms with van der Waals surface area (Å²) in [5.74, 6) is -0.833. The van der Waals surface area contributed by atoms with Crippen LogP contribution in [-0.2, 0) is 7.05 Å². The van der Waals surface area contributed by atoms with Crippen LogP contribution in [0, 0.1) is 0 Å². The molecule has 0 aliphatic carbocycles. The van der Waals surface area contributed by atoms with Gasteiger partial charge in [0.2, 0.25) is 0 Å². The highest BCUT2D eigenvalue weighted by molar-refractivity contribution is 5.96. The Morgan fingerprint density at radius 3 is 2.87 bits per heavy atom. The lowest BCUT2D eigenvalue weighted by molar-refractivity contribution is 0.0693. The molecule has 0 bridgehead atoms. The number of aryl methyl sites for hydroxylation is 1. The summed E-state index contributed by atoms with van der Waals surface area (Å²) < 4.78 is 6.73. The van der Waals surface area contributed by atoms with Crippen LogP contribution in [-0.4, -0.2) is 32.7 Å². The van der Waals surface area contributed by atoms with Crippen LogP contribution < -0.4 is 4.74 Å². The fourth-order valence-corrected chi connectivity index (χ4v) is 1.41. The number of hydrogen-bond donors (Lipinski definition) is 1. The van der Waals surface area contributed by atoms with Gasteiger partial charge in [0.05, 0.1) is 13.4 Å². The van der Waals surface area contributed by atoms with Crippen LogP contribution in [0.1, 0.15) is 10.4 Å². The smallest absolute Gasteiger partial charge is 0.341 e. The summed E-state index contributed by atoms with van der Waals surface area (Å²) >= 11 is 0. The number of pyridine rings is 1. The Hall–Kier alpha value is -2.11. The van der Waals surface area contributed by atoms with Crippen molar-refractivity contribution in [2.75, 3.05) is 7.11 Å². The van der Waals surface area contributed by atoms with Gasteiger partial charge in [0.25, 0.3) is 0 Å². The minimum absolute atomic E-state index is 0.0173. The van der Waals surface area contributed by atoms with Crippen molar-refractivity contribution in [3.8, 4) is 5.75 Å². The van der Waals surface area contributed by atoms with Crippen molar-refractivity contribution in [3.05, 3.63) is 18.1 Å². The Labute approximate surface area is 85.1 Å². The van der Waals surface area contributed by atoms with Crippen molar-refractivity contribution in [2.24, 2.45) is 7.05 Å². The molecule has 0 unspecified atom stereocenters. The molecule has 0 amide bonds. The maximum Gasteiger partial charge on any atom is 0.341 e. The van der Waals surface area contributed by atoms with E-state index in [9.17, 15) is 4.79 Å². The van der Waals surface area contributed by atoms with Crippen LogP contribution >= 0.6 is 0 Å². The molecule has 0 fully saturated rings. The first-order chi connectivity index (χ1) is 7.15. The van der Waals surface area contributed by atoms with Gasteiger partial charge in [0.15, 0.2) is 16.9 Å². The molecule has 6 nitrogen and oxygen atoms in total. The van der Waals surface area contributed by atoms with E-state index in [1.165, 1.54) is 13.3 Å². The molecular formula is C9H9N3O3. The zero-order chi connectivity index (χ0) is 11.0. The van der Waals surface area contributed by atoms with Crippen LogP contribution in [0.5, 0.6) is 5.75 Å². The number of carboxylic acids is 1. The Morgan fingerprint density at radius 1 is 1.53 bits per heavy atom. The number of ether oxygens (including phenoxy) is 1. The maximum absolute atomic E-state index is 10.9. The first-order valence-electron chi connectivity index (χ1n) is 4.22. The summed E-state index contributed by atoms with van der Waals surface area (Å²) in [7, 11) is 3.19. The first kappa shape index (κ1) is 9.45. The number of methoxy groups -OCH3 is 1. The lowest BCUT2D eigenvalue weighted by Gasteiger charge is -2.04. The number of imidazole rings is 1. The van der Waals surface area contributed by atoms with Crippen molar-refractivity contribution in [3.63, 3.8) is 0 Å². The lowest BCUT2D eigenvalue weighted by atomic mass is 10.2. The SMILES string of the molecule is COc1c(C(=O)O)cnc2c1ncn2C. The molecule has 2 aromatic heterocycles. The first-order valence-corrected chi connectivity index (χ1v) is 4.22. The van der Waals surface area contributed by atoms with E-state index < -0.39 is 5.97 Å². The topological polar surface area (TPSA) is 77.2 Å². The van der Waals surface area contributed by atoms with E-state index in [2.05, 4.69) is 9.97 Å². The van der Waals surface area contributed by atoms with Gasteiger partial charge in [-0.05, 0) is 0 Å². The summed E-state index contributed by atoms with van der Waals surface area (Å²) in [6.45, 7) is 0. The molecule has 2 aromatic rings. The zero-order valence-corrected chi connectivity index (χ0v) is 8.26. The van der Waals surface area contributed by atoms with E-state index in [4.69, 9.17) is 9.84 Å². The third kappa shape index (κ3) is 1.30. The standard InChI is InChI=1S/C9H9N3O3/c1-12-4-11-6-7(15-2)5(9(13)14)3-10-8(6)12/h3-4H,1-2H3,(H,13,14). The maximum atomic E-state index is 10.9. The number of aromatic nitrogens is 3. The largest absolute Gasteiger partial charge is 0.493 e. The predicted octanol–water partition coefficient (Wildman–Crippen LogP) is 0.675. The average molecular weight is 207 g/mol. The molecule has 6 heteroatoms. The van der Waals surface area contributed by atoms with Crippen molar-refractivity contribution in [1.29, 1.82) is 0 Å². The van der Waals surface area contributed by atoms with E-state index in [1.807, 2.05) is 0 Å². The number of fused-ring (bicyclic) bond motifs is 1. The van der Waals surface area contributed by atoms with Crippen LogP contribution in [0.15, 0.2) is 12.5 Å². The minimum Gasteiger partial charge on any atom is -0.493 e. The number of carbonyl (C=O) groups is 1. The van der Waals surface area contributed by atoms with E-state index in [0.717, 1.165) is 0 Å². The third-order valence-electron chi connectivity index (χ3n) is 2.12. The number of rotatable bonds is 2. The molecule has 2 rings (SSSR count). The molecule has 0 radical (unpaired) electrons. The van der Waals surface area contributed by atoms with E-state index in [0.29, 0.717) is 11.2 Å². The quantitative estimate of drug-likeness (QED) is 0.783. The van der Waals surface area contributed by atoms with Crippen molar-refractivity contribution >= 4 is 17.1 Å². The predicted molar refractivity (Wildman–Crippen MR) is 52.0 cm³/mol. The number of aromatic carboxylic acids is 1. The molecule has 1 N–H and O–H groups in total. The fraction of sp³-hybridized carbons (Fsp3) is 0.222. The Balaban J connectivity index is 2.82. The molecule has 0 saturated carbocycles. The Kier molecular flexibility index (Phi) is 2.03. The van der Waals surface area contributed by atoms with Gasteiger partial charge in [0.1, 0.15) is 5.56 Å². The average Bonchev–Trinajstić information content (AvgIpc) is 2.59. The summed E-state index contributed by atoms with van der Waals surface area (Å²) in [5.41, 5.74) is 1.07. The molecular weight excluding hydrogens is 198 g/mol. The lowest BCUT2D eigenvalue weighted by Crippen LogP contribution is -2.02. The second kappa shape index (κ2) is 3.23. The molecule has 0 spiro atoms. The molecule has 0 aliphatic heterocycles. The summed E-state index contributed by atoms with van der Waals surface area (Å²) in [6.07, 6.45) is 2.83. The van der Waals surface area contributed by atoms with Crippen LogP contribution in [0.2, 0.25) is 0 Å². The van der Waals surface area contributed by atoms with Gasteiger partial charge in [-0.1, -0.05) is 0 Å². The molecule has 0 aromatic carbocycles. The monoisotopic (exact) mass is 207 g/mol. The second-order valence-corrected chi connectivity index (χ2v) is 3.04. The zero-order valence-electron chi connectivity index (χ0n) is 8.26. The molecule has 15 heavy (non-hydrogen) atoms. The highest BCUT2D eigenvalue weighted by Crippen LogP contribution is 2.26. The second-order valence-electron chi connectivity index (χ2n) is 3.04. The van der Waals surface area contributed by atoms with Crippen molar-refractivity contribution < 1.29 is 14.6 Å². The van der Waals surface area contributed by atoms with Gasteiger partial charge >= 0.3 is 5.97 Å². The van der Waals surface area contributed by atoms with Gasteiger partial charge in [-0.2, -0.15) is 0 Å². The Bertz CT molecular complexity index is 533. The number of nitrogens with zero attached hydrogens (tertiary/aromatic N) is 3. The van der Waals surface area contributed by atoms with Gasteiger partial charge < -0.3 is 14.4 Å². The normalized spacial score (nSPS) is 10.5. The number of carboxylic acid groups (broad SMARTS) is 1. The highest BCUT2D eigenvalue weighted by Gasteiger charge is 2.17. The van der Waals surface area contributed by atoms with Gasteiger partial charge in [-0.25, -0.2) is 14.8 Å². The van der Waals surface area contributed by atoms with Gasteiger partial charge in [-0.15, -0.1) is 0 Å². The fourth-order valence-electron chi connectivity index (χ4n) is 1.41. The third-order valence-corrected chi connectivity index (χ3v) is 2.12. The van der Waals surface area contributed by atoms with Crippen LogP contribution in [0.4, 0.5) is 0 Å². The summed E-state index contributed by atoms with van der Waals surface area (Å²) in [6, 6.07) is 0. The number of hydrogen-bond acceptors (Lipinski definition) is 4. The molecule has 0 aliphatic rings. The van der Waals surface area contributed by atoms with E-state index in [-0.39, 0.29) is 11.3 Å². The molecule has 0 saturated heterocycles. The summed E-state index contributed by atoms with van der Waals surface area (Å²) in [4.78, 5) is 18.9.